The van der Waals surface area contributed by atoms with E-state index in [1.165, 1.54) is 0 Å². The number of H-pyrrole nitrogens is 1. The van der Waals surface area contributed by atoms with Gasteiger partial charge in [0.2, 0.25) is 0 Å². The van der Waals surface area contributed by atoms with Gasteiger partial charge < -0.3 is 19.7 Å². The third-order valence-corrected chi connectivity index (χ3v) is 7.12. The van der Waals surface area contributed by atoms with Crippen molar-refractivity contribution in [1.29, 1.82) is 0 Å². The molecule has 0 bridgehead atoms. The molecule has 3 aromatic rings. The first kappa shape index (κ1) is 23.3. The summed E-state index contributed by atoms with van der Waals surface area (Å²) < 4.78 is 12.0. The molecule has 0 atom stereocenters. The van der Waals surface area contributed by atoms with Gasteiger partial charge in [0.05, 0.1) is 18.8 Å². The van der Waals surface area contributed by atoms with Crippen LogP contribution in [-0.2, 0) is 4.74 Å². The molecule has 0 radical (unpaired) electrons. The van der Waals surface area contributed by atoms with Crippen molar-refractivity contribution in [3.05, 3.63) is 53.6 Å². The zero-order valence-corrected chi connectivity index (χ0v) is 19.8. The normalized spacial score (nSPS) is 19.4. The van der Waals surface area contributed by atoms with Crippen molar-refractivity contribution < 1.29 is 19.1 Å². The van der Waals surface area contributed by atoms with E-state index in [4.69, 9.17) is 9.47 Å². The van der Waals surface area contributed by atoms with Crippen molar-refractivity contribution in [2.24, 2.45) is 5.41 Å². The number of hydrogen-bond donors (Lipinski definition) is 2. The Kier molecular flexibility index (Phi) is 6.94. The molecular formula is C26H31N5O4. The van der Waals surface area contributed by atoms with E-state index in [2.05, 4.69) is 20.7 Å². The molecule has 0 saturated carbocycles. The minimum Gasteiger partial charge on any atom is -0.492 e. The lowest BCUT2D eigenvalue weighted by molar-refractivity contribution is 0.0341. The van der Waals surface area contributed by atoms with Crippen LogP contribution in [0.25, 0.3) is 11.0 Å². The quantitative estimate of drug-likeness (QED) is 0.557. The number of rotatable bonds is 1. The Morgan fingerprint density at radius 3 is 2.69 bits per heavy atom. The van der Waals surface area contributed by atoms with E-state index in [-0.39, 0.29) is 17.2 Å². The van der Waals surface area contributed by atoms with Crippen molar-refractivity contribution in [3.63, 3.8) is 0 Å². The molecule has 9 nitrogen and oxygen atoms in total. The monoisotopic (exact) mass is 477 g/mol. The van der Waals surface area contributed by atoms with E-state index >= 15 is 0 Å². The highest BCUT2D eigenvalue weighted by molar-refractivity contribution is 5.97. The summed E-state index contributed by atoms with van der Waals surface area (Å²) >= 11 is 0. The fourth-order valence-corrected chi connectivity index (χ4v) is 4.96. The molecule has 0 aliphatic carbocycles. The third-order valence-electron chi connectivity index (χ3n) is 7.12. The summed E-state index contributed by atoms with van der Waals surface area (Å²) in [6.45, 7) is 3.50. The van der Waals surface area contributed by atoms with Crippen LogP contribution < -0.4 is 10.1 Å². The average molecular weight is 478 g/mol. The number of aromatic amines is 1. The zero-order chi connectivity index (χ0) is 24.1. The van der Waals surface area contributed by atoms with Crippen LogP contribution >= 0.6 is 0 Å². The van der Waals surface area contributed by atoms with Gasteiger partial charge in [0.25, 0.3) is 11.8 Å². The number of fused-ring (bicyclic) bond motifs is 2. The van der Waals surface area contributed by atoms with Crippen LogP contribution in [0.4, 0.5) is 0 Å². The number of hydrogen-bond acceptors (Lipinski definition) is 6. The Morgan fingerprint density at radius 1 is 0.971 bits per heavy atom. The van der Waals surface area contributed by atoms with Crippen LogP contribution in [0, 0.1) is 5.41 Å². The summed E-state index contributed by atoms with van der Waals surface area (Å²) in [5.41, 5.74) is 2.54. The van der Waals surface area contributed by atoms with E-state index in [1.54, 1.807) is 12.1 Å². The predicted octanol–water partition coefficient (Wildman–Crippen LogP) is 3.19. The van der Waals surface area contributed by atoms with Gasteiger partial charge >= 0.3 is 0 Å². The number of benzene rings is 2. The van der Waals surface area contributed by atoms with Crippen molar-refractivity contribution in [3.8, 4) is 5.75 Å². The van der Waals surface area contributed by atoms with Gasteiger partial charge in [0.1, 0.15) is 16.8 Å². The Balaban J connectivity index is 1.29. The Labute approximate surface area is 204 Å². The highest BCUT2D eigenvalue weighted by Crippen LogP contribution is 2.38. The summed E-state index contributed by atoms with van der Waals surface area (Å²) in [7, 11) is 0. The number of carbonyl (C=O) groups excluding carboxylic acids is 2. The van der Waals surface area contributed by atoms with E-state index < -0.39 is 0 Å². The molecule has 35 heavy (non-hydrogen) atoms. The number of carbonyl (C=O) groups is 2. The van der Waals surface area contributed by atoms with E-state index in [1.807, 2.05) is 35.2 Å². The highest BCUT2D eigenvalue weighted by atomic mass is 16.5. The van der Waals surface area contributed by atoms with Crippen LogP contribution in [0.3, 0.4) is 0 Å². The molecular weight excluding hydrogens is 446 g/mol. The minimum absolute atomic E-state index is 0.0157. The number of amides is 2. The smallest absolute Gasteiger partial charge is 0.255 e. The molecule has 2 aromatic carbocycles. The second kappa shape index (κ2) is 10.4. The van der Waals surface area contributed by atoms with Crippen LogP contribution in [0.1, 0.15) is 52.8 Å². The summed E-state index contributed by atoms with van der Waals surface area (Å²) in [5.74, 6) is 0.462. The first-order valence-electron chi connectivity index (χ1n) is 12.3. The summed E-state index contributed by atoms with van der Waals surface area (Å²) in [5, 5.41) is 13.7. The van der Waals surface area contributed by atoms with Crippen LogP contribution in [0.2, 0.25) is 0 Å². The molecule has 9 heteroatoms. The van der Waals surface area contributed by atoms with Gasteiger partial charge in [-0.25, -0.2) is 0 Å². The molecule has 1 aromatic heterocycles. The Hall–Kier alpha value is -3.46. The van der Waals surface area contributed by atoms with Gasteiger partial charge in [-0.3, -0.25) is 9.59 Å². The number of aromatic nitrogens is 3. The standard InChI is InChI=1S/C26H31N5O4/c32-24-20-5-1-2-6-23(20)35-18-26(9-3-4-15-34-16-12-27-24)10-13-31(14-11-26)25(33)19-7-8-21-22(17-19)29-30-28-21/h1-2,5-8,17H,3-4,9-16,18H2,(H,27,32)(H,28,29,30). The Bertz CT molecular complexity index is 1190. The zero-order valence-electron chi connectivity index (χ0n) is 19.8. The number of para-hydroxylation sites is 1. The number of likely N-dealkylation sites (tertiary alicyclic amines) is 1. The van der Waals surface area contributed by atoms with E-state index in [0.717, 1.165) is 37.6 Å². The molecule has 1 fully saturated rings. The molecule has 2 amide bonds. The van der Waals surface area contributed by atoms with E-state index in [0.29, 0.717) is 61.8 Å². The fourth-order valence-electron chi connectivity index (χ4n) is 4.96. The first-order chi connectivity index (χ1) is 17.1. The second-order valence-corrected chi connectivity index (χ2v) is 9.43. The number of ether oxygens (including phenoxy) is 2. The summed E-state index contributed by atoms with van der Waals surface area (Å²) in [6.07, 6.45) is 4.69. The van der Waals surface area contributed by atoms with Crippen molar-refractivity contribution >= 4 is 22.8 Å². The molecule has 0 unspecified atom stereocenters. The molecule has 2 aliphatic heterocycles. The lowest BCUT2D eigenvalue weighted by atomic mass is 9.75. The molecule has 1 saturated heterocycles. The van der Waals surface area contributed by atoms with Crippen molar-refractivity contribution in [2.75, 3.05) is 39.5 Å². The Morgan fingerprint density at radius 2 is 1.80 bits per heavy atom. The molecule has 2 aliphatic rings. The van der Waals surface area contributed by atoms with Crippen LogP contribution in [-0.4, -0.2) is 71.6 Å². The van der Waals surface area contributed by atoms with E-state index in [9.17, 15) is 9.59 Å². The van der Waals surface area contributed by atoms with Gasteiger partial charge in [-0.05, 0) is 56.0 Å². The fraction of sp³-hybridized carbons (Fsp3) is 0.462. The van der Waals surface area contributed by atoms with Gasteiger partial charge in [0, 0.05) is 37.2 Å². The first-order valence-corrected chi connectivity index (χ1v) is 12.3. The molecule has 5 rings (SSSR count). The predicted molar refractivity (Wildman–Crippen MR) is 130 cm³/mol. The lowest BCUT2D eigenvalue weighted by Crippen LogP contribution is -2.45. The highest BCUT2D eigenvalue weighted by Gasteiger charge is 2.37. The van der Waals surface area contributed by atoms with Crippen LogP contribution in [0.5, 0.6) is 5.75 Å². The van der Waals surface area contributed by atoms with Crippen molar-refractivity contribution in [1.82, 2.24) is 25.6 Å². The maximum absolute atomic E-state index is 13.2. The average Bonchev–Trinajstić information content (AvgIpc) is 3.37. The number of nitrogens with one attached hydrogen (secondary N) is 2. The second-order valence-electron chi connectivity index (χ2n) is 9.43. The SMILES string of the molecule is O=C1NCCOCCCCC2(CCN(C(=O)c3ccc4n[nH]nc4c3)CC2)COc2ccccc21. The topological polar surface area (TPSA) is 109 Å². The summed E-state index contributed by atoms with van der Waals surface area (Å²) in [4.78, 5) is 27.8. The molecule has 1 spiro atoms. The maximum atomic E-state index is 13.2. The number of nitrogens with zero attached hydrogens (tertiary/aromatic N) is 3. The number of piperidine rings is 1. The largest absolute Gasteiger partial charge is 0.492 e. The lowest BCUT2D eigenvalue weighted by Gasteiger charge is -2.42. The van der Waals surface area contributed by atoms with Gasteiger partial charge in [-0.1, -0.05) is 18.6 Å². The minimum atomic E-state index is -0.153. The molecule has 2 N–H and O–H groups in total. The molecule has 3 heterocycles. The third kappa shape index (κ3) is 5.30. The van der Waals surface area contributed by atoms with Crippen molar-refractivity contribution in [2.45, 2.75) is 32.1 Å². The van der Waals surface area contributed by atoms with Crippen LogP contribution in [0.15, 0.2) is 42.5 Å². The van der Waals surface area contributed by atoms with Gasteiger partial charge in [-0.15, -0.1) is 0 Å². The summed E-state index contributed by atoms with van der Waals surface area (Å²) in [6, 6.07) is 12.8. The molecule has 184 valence electrons. The van der Waals surface area contributed by atoms with Gasteiger partial charge in [0.15, 0.2) is 0 Å². The maximum Gasteiger partial charge on any atom is 0.255 e. The van der Waals surface area contributed by atoms with Gasteiger partial charge in [-0.2, -0.15) is 15.4 Å².